The topological polar surface area (TPSA) is 15.3 Å². The van der Waals surface area contributed by atoms with Crippen LogP contribution in [-0.2, 0) is 0 Å². The second-order valence-corrected chi connectivity index (χ2v) is 4.38. The van der Waals surface area contributed by atoms with Gasteiger partial charge in [-0.3, -0.25) is 0 Å². The quantitative estimate of drug-likeness (QED) is 0.807. The summed E-state index contributed by atoms with van der Waals surface area (Å²) in [6.45, 7) is 6.74. The van der Waals surface area contributed by atoms with Crippen molar-refractivity contribution in [1.29, 1.82) is 0 Å². The Hall–Kier alpha value is -1.00. The number of hydrogen-bond donors (Lipinski definition) is 1. The molecule has 102 valence electrons. The van der Waals surface area contributed by atoms with Gasteiger partial charge in [0, 0.05) is 18.2 Å². The zero-order chi connectivity index (χ0) is 13.5. The minimum Gasteiger partial charge on any atom is -0.312 e. The molecule has 0 aromatic heterocycles. The van der Waals surface area contributed by atoms with Gasteiger partial charge in [-0.15, -0.1) is 0 Å². The molecule has 0 radical (unpaired) electrons. The molecule has 18 heavy (non-hydrogen) atoms. The van der Waals surface area contributed by atoms with Crippen molar-refractivity contribution >= 4 is 0 Å². The molecule has 0 aliphatic rings. The van der Waals surface area contributed by atoms with E-state index in [9.17, 15) is 8.78 Å². The zero-order valence-corrected chi connectivity index (χ0v) is 11.3. The number of halogens is 2. The third-order valence-corrected chi connectivity index (χ3v) is 3.13. The van der Waals surface area contributed by atoms with Crippen LogP contribution in [0.4, 0.5) is 8.78 Å². The number of benzene rings is 1. The van der Waals surface area contributed by atoms with E-state index in [1.54, 1.807) is 19.2 Å². The van der Waals surface area contributed by atoms with Crippen molar-refractivity contribution in [3.05, 3.63) is 35.4 Å². The first-order valence-corrected chi connectivity index (χ1v) is 6.47. The van der Waals surface area contributed by atoms with E-state index in [1.807, 2.05) is 0 Å². The lowest BCUT2D eigenvalue weighted by atomic mass is 10.1. The van der Waals surface area contributed by atoms with Crippen molar-refractivity contribution < 1.29 is 8.78 Å². The first kappa shape index (κ1) is 15.1. The summed E-state index contributed by atoms with van der Waals surface area (Å²) in [5.41, 5.74) is 0.395. The van der Waals surface area contributed by atoms with Crippen LogP contribution in [-0.4, -0.2) is 31.6 Å². The lowest BCUT2D eigenvalue weighted by Gasteiger charge is -2.26. The lowest BCUT2D eigenvalue weighted by Crippen LogP contribution is -2.34. The Morgan fingerprint density at radius 2 is 2.00 bits per heavy atom. The summed E-state index contributed by atoms with van der Waals surface area (Å²) in [6, 6.07) is 4.15. The molecule has 1 atom stereocenters. The molecule has 0 aliphatic heterocycles. The van der Waals surface area contributed by atoms with E-state index < -0.39 is 11.6 Å². The molecule has 0 saturated carbocycles. The summed E-state index contributed by atoms with van der Waals surface area (Å²) in [6.07, 6.45) is 1.05. The summed E-state index contributed by atoms with van der Waals surface area (Å²) < 4.78 is 27.0. The Kier molecular flexibility index (Phi) is 6.22. The number of likely N-dealkylation sites (N-methyl/N-ethyl adjacent to an activating group) is 2. The van der Waals surface area contributed by atoms with Gasteiger partial charge < -0.3 is 10.2 Å². The highest BCUT2D eigenvalue weighted by Gasteiger charge is 2.18. The number of rotatable bonds is 7. The van der Waals surface area contributed by atoms with Crippen LogP contribution in [0, 0.1) is 11.6 Å². The second-order valence-electron chi connectivity index (χ2n) is 4.38. The van der Waals surface area contributed by atoms with E-state index in [1.165, 1.54) is 0 Å². The largest absolute Gasteiger partial charge is 0.312 e. The van der Waals surface area contributed by atoms with Crippen LogP contribution >= 0.6 is 0 Å². The van der Waals surface area contributed by atoms with Crippen molar-refractivity contribution in [2.45, 2.75) is 26.3 Å². The van der Waals surface area contributed by atoms with Crippen LogP contribution in [0.5, 0.6) is 0 Å². The SMILES string of the molecule is CCCN(CC)CC(NC)c1cccc(F)c1F. The summed E-state index contributed by atoms with van der Waals surface area (Å²) in [4.78, 5) is 2.23. The molecule has 0 amide bonds. The number of nitrogens with zero attached hydrogens (tertiary/aromatic N) is 1. The highest BCUT2D eigenvalue weighted by atomic mass is 19.2. The fourth-order valence-electron chi connectivity index (χ4n) is 2.09. The van der Waals surface area contributed by atoms with Gasteiger partial charge in [0.2, 0.25) is 0 Å². The van der Waals surface area contributed by atoms with Gasteiger partial charge in [-0.25, -0.2) is 8.78 Å². The molecule has 2 nitrogen and oxygen atoms in total. The third-order valence-electron chi connectivity index (χ3n) is 3.13. The maximum atomic E-state index is 13.7. The Morgan fingerprint density at radius 3 is 2.56 bits per heavy atom. The van der Waals surface area contributed by atoms with E-state index in [-0.39, 0.29) is 6.04 Å². The smallest absolute Gasteiger partial charge is 0.163 e. The molecule has 1 N–H and O–H groups in total. The normalized spacial score (nSPS) is 13.0. The van der Waals surface area contributed by atoms with Gasteiger partial charge in [-0.2, -0.15) is 0 Å². The molecular formula is C14H22F2N2. The molecule has 1 aromatic carbocycles. The van der Waals surface area contributed by atoms with Crippen LogP contribution < -0.4 is 5.32 Å². The monoisotopic (exact) mass is 256 g/mol. The molecule has 1 unspecified atom stereocenters. The molecule has 4 heteroatoms. The van der Waals surface area contributed by atoms with Crippen LogP contribution in [0.15, 0.2) is 18.2 Å². The average molecular weight is 256 g/mol. The molecular weight excluding hydrogens is 234 g/mol. The molecule has 0 saturated heterocycles. The summed E-state index contributed by atoms with van der Waals surface area (Å²) in [5.74, 6) is -1.53. The number of hydrogen-bond acceptors (Lipinski definition) is 2. The summed E-state index contributed by atoms with van der Waals surface area (Å²) in [5, 5.41) is 3.06. The first-order valence-electron chi connectivity index (χ1n) is 6.47. The van der Waals surface area contributed by atoms with Gasteiger partial charge >= 0.3 is 0 Å². The molecule has 0 heterocycles. The zero-order valence-electron chi connectivity index (χ0n) is 11.3. The standard InChI is InChI=1S/C14H22F2N2/c1-4-9-18(5-2)10-13(17-3)11-7-6-8-12(15)14(11)16/h6-8,13,17H,4-5,9-10H2,1-3H3. The fourth-order valence-corrected chi connectivity index (χ4v) is 2.09. The van der Waals surface area contributed by atoms with E-state index in [0.717, 1.165) is 25.6 Å². The van der Waals surface area contributed by atoms with Gasteiger partial charge in [0.1, 0.15) is 0 Å². The average Bonchev–Trinajstić information content (AvgIpc) is 2.38. The Bertz CT molecular complexity index is 369. The van der Waals surface area contributed by atoms with Crippen LogP contribution in [0.25, 0.3) is 0 Å². The van der Waals surface area contributed by atoms with Crippen molar-refractivity contribution in [3.63, 3.8) is 0 Å². The minimum absolute atomic E-state index is 0.188. The maximum absolute atomic E-state index is 13.7. The van der Waals surface area contributed by atoms with Crippen molar-refractivity contribution in [1.82, 2.24) is 10.2 Å². The highest BCUT2D eigenvalue weighted by molar-refractivity contribution is 5.22. The Morgan fingerprint density at radius 1 is 1.28 bits per heavy atom. The van der Waals surface area contributed by atoms with E-state index in [4.69, 9.17) is 0 Å². The molecule has 0 aliphatic carbocycles. The molecule has 0 spiro atoms. The third kappa shape index (κ3) is 3.75. The van der Waals surface area contributed by atoms with Crippen molar-refractivity contribution in [2.24, 2.45) is 0 Å². The van der Waals surface area contributed by atoms with Crippen molar-refractivity contribution in [2.75, 3.05) is 26.7 Å². The van der Waals surface area contributed by atoms with Crippen LogP contribution in [0.1, 0.15) is 31.9 Å². The van der Waals surface area contributed by atoms with Gasteiger partial charge in [0.05, 0.1) is 0 Å². The maximum Gasteiger partial charge on any atom is 0.163 e. The van der Waals surface area contributed by atoms with Gasteiger partial charge in [-0.05, 0) is 32.6 Å². The molecule has 0 bridgehead atoms. The van der Waals surface area contributed by atoms with Gasteiger partial charge in [-0.1, -0.05) is 26.0 Å². The second kappa shape index (κ2) is 7.44. The molecule has 0 fully saturated rings. The van der Waals surface area contributed by atoms with Gasteiger partial charge in [0.25, 0.3) is 0 Å². The fraction of sp³-hybridized carbons (Fsp3) is 0.571. The summed E-state index contributed by atoms with van der Waals surface area (Å²) in [7, 11) is 1.77. The Balaban J connectivity index is 2.85. The van der Waals surface area contributed by atoms with Crippen molar-refractivity contribution in [3.8, 4) is 0 Å². The highest BCUT2D eigenvalue weighted by Crippen LogP contribution is 2.20. The first-order chi connectivity index (χ1) is 8.63. The van der Waals surface area contributed by atoms with E-state index >= 15 is 0 Å². The Labute approximate surface area is 108 Å². The summed E-state index contributed by atoms with van der Waals surface area (Å²) >= 11 is 0. The van der Waals surface area contributed by atoms with Crippen LogP contribution in [0.2, 0.25) is 0 Å². The lowest BCUT2D eigenvalue weighted by molar-refractivity contribution is 0.256. The predicted molar refractivity (Wildman–Crippen MR) is 70.6 cm³/mol. The van der Waals surface area contributed by atoms with E-state index in [2.05, 4.69) is 24.1 Å². The molecule has 1 rings (SSSR count). The number of nitrogens with one attached hydrogen (secondary N) is 1. The van der Waals surface area contributed by atoms with Crippen LogP contribution in [0.3, 0.4) is 0 Å². The van der Waals surface area contributed by atoms with Gasteiger partial charge in [0.15, 0.2) is 11.6 Å². The minimum atomic E-state index is -0.786. The predicted octanol–water partition coefficient (Wildman–Crippen LogP) is 2.96. The van der Waals surface area contributed by atoms with E-state index in [0.29, 0.717) is 12.1 Å². The molecule has 1 aromatic rings.